The van der Waals surface area contributed by atoms with Gasteiger partial charge in [0, 0.05) is 28.3 Å². The van der Waals surface area contributed by atoms with Crippen LogP contribution in [0.4, 0.5) is 5.69 Å². The maximum absolute atomic E-state index is 13.1. The maximum atomic E-state index is 13.1. The third-order valence-corrected chi connectivity index (χ3v) is 7.46. The average Bonchev–Trinajstić information content (AvgIpc) is 2.78. The number of anilines is 1. The third kappa shape index (κ3) is 3.81. The SMILES string of the molecule is CSc1ccc([C@H]2C(C#N)=C(N)N(c3ccc(S(N)(=O)=O)cc3)C3=C2C(=O)CCC3)cc1. The lowest BCUT2D eigenvalue weighted by Gasteiger charge is -2.39. The van der Waals surface area contributed by atoms with E-state index in [0.29, 0.717) is 36.1 Å². The highest BCUT2D eigenvalue weighted by Crippen LogP contribution is 2.46. The molecule has 2 aromatic carbocycles. The topological polar surface area (TPSA) is 130 Å². The van der Waals surface area contributed by atoms with Crippen LogP contribution in [0.5, 0.6) is 0 Å². The molecule has 1 atom stereocenters. The van der Waals surface area contributed by atoms with E-state index in [-0.39, 0.29) is 16.5 Å². The molecule has 7 nitrogen and oxygen atoms in total. The van der Waals surface area contributed by atoms with Crippen molar-refractivity contribution in [3.05, 3.63) is 76.8 Å². The van der Waals surface area contributed by atoms with Crippen molar-refractivity contribution in [2.24, 2.45) is 10.9 Å². The van der Waals surface area contributed by atoms with Gasteiger partial charge in [0.1, 0.15) is 5.82 Å². The van der Waals surface area contributed by atoms with Crippen LogP contribution in [-0.2, 0) is 14.8 Å². The lowest BCUT2D eigenvalue weighted by molar-refractivity contribution is -0.116. The zero-order valence-electron chi connectivity index (χ0n) is 17.4. The summed E-state index contributed by atoms with van der Waals surface area (Å²) in [6.45, 7) is 0. The predicted octanol–water partition coefficient (Wildman–Crippen LogP) is 3.36. The highest BCUT2D eigenvalue weighted by Gasteiger charge is 2.40. The van der Waals surface area contributed by atoms with E-state index >= 15 is 0 Å². The van der Waals surface area contributed by atoms with Gasteiger partial charge in [-0.25, -0.2) is 13.6 Å². The summed E-state index contributed by atoms with van der Waals surface area (Å²) in [5.74, 6) is -0.293. The van der Waals surface area contributed by atoms with Gasteiger partial charge in [0.25, 0.3) is 0 Å². The van der Waals surface area contributed by atoms with Crippen LogP contribution in [0.15, 0.2) is 81.0 Å². The molecule has 0 spiro atoms. The summed E-state index contributed by atoms with van der Waals surface area (Å²) in [5.41, 5.74) is 9.55. The number of thioether (sulfide) groups is 1. The van der Waals surface area contributed by atoms with Crippen LogP contribution >= 0.6 is 11.8 Å². The lowest BCUT2D eigenvalue weighted by Crippen LogP contribution is -2.38. The fourth-order valence-electron chi connectivity index (χ4n) is 4.30. The van der Waals surface area contributed by atoms with Gasteiger partial charge in [-0.05, 0) is 61.1 Å². The third-order valence-electron chi connectivity index (χ3n) is 5.79. The zero-order valence-corrected chi connectivity index (χ0v) is 19.0. The maximum Gasteiger partial charge on any atom is 0.238 e. The zero-order chi connectivity index (χ0) is 23.0. The molecule has 0 bridgehead atoms. The predicted molar refractivity (Wildman–Crippen MR) is 124 cm³/mol. The summed E-state index contributed by atoms with van der Waals surface area (Å²) in [6, 6.07) is 16.0. The first-order valence-corrected chi connectivity index (χ1v) is 12.8. The molecule has 9 heteroatoms. The summed E-state index contributed by atoms with van der Waals surface area (Å²) < 4.78 is 23.3. The summed E-state index contributed by atoms with van der Waals surface area (Å²) in [7, 11) is -3.84. The summed E-state index contributed by atoms with van der Waals surface area (Å²) in [6.07, 6.45) is 3.70. The number of benzene rings is 2. The van der Waals surface area contributed by atoms with E-state index in [2.05, 4.69) is 6.07 Å². The molecule has 1 aliphatic carbocycles. The summed E-state index contributed by atoms with van der Waals surface area (Å²) in [5, 5.41) is 15.2. The number of carbonyl (C=O) groups excluding carboxylic acids is 1. The van der Waals surface area contributed by atoms with Gasteiger partial charge in [-0.2, -0.15) is 5.26 Å². The number of primary sulfonamides is 1. The molecule has 0 fully saturated rings. The van der Waals surface area contributed by atoms with E-state index in [4.69, 9.17) is 10.9 Å². The Bertz CT molecular complexity index is 1290. The molecule has 2 aromatic rings. The first-order chi connectivity index (χ1) is 15.3. The number of hydrogen-bond acceptors (Lipinski definition) is 7. The van der Waals surface area contributed by atoms with Gasteiger partial charge in [0.2, 0.25) is 10.0 Å². The minimum Gasteiger partial charge on any atom is -0.384 e. The van der Waals surface area contributed by atoms with Crippen molar-refractivity contribution < 1.29 is 13.2 Å². The van der Waals surface area contributed by atoms with Crippen LogP contribution in [0, 0.1) is 11.3 Å². The van der Waals surface area contributed by atoms with Gasteiger partial charge in [0.15, 0.2) is 5.78 Å². The van der Waals surface area contributed by atoms with Crippen molar-refractivity contribution in [1.29, 1.82) is 5.26 Å². The van der Waals surface area contributed by atoms with E-state index < -0.39 is 15.9 Å². The lowest BCUT2D eigenvalue weighted by atomic mass is 9.75. The van der Waals surface area contributed by atoms with E-state index in [1.54, 1.807) is 28.8 Å². The van der Waals surface area contributed by atoms with Crippen LogP contribution in [0.3, 0.4) is 0 Å². The summed E-state index contributed by atoms with van der Waals surface area (Å²) in [4.78, 5) is 15.9. The molecule has 0 amide bonds. The van der Waals surface area contributed by atoms with Crippen molar-refractivity contribution in [3.8, 4) is 6.07 Å². The molecule has 0 saturated heterocycles. The van der Waals surface area contributed by atoms with Crippen molar-refractivity contribution in [2.45, 2.75) is 35.0 Å². The van der Waals surface area contributed by atoms with Gasteiger partial charge in [0.05, 0.1) is 22.5 Å². The van der Waals surface area contributed by atoms with Gasteiger partial charge < -0.3 is 5.73 Å². The average molecular weight is 467 g/mol. The van der Waals surface area contributed by atoms with Crippen molar-refractivity contribution >= 4 is 33.3 Å². The number of rotatable bonds is 4. The molecule has 0 saturated carbocycles. The Morgan fingerprint density at radius 3 is 2.31 bits per heavy atom. The Hall–Kier alpha value is -3.06. The Labute approximate surface area is 191 Å². The van der Waals surface area contributed by atoms with Gasteiger partial charge in [-0.15, -0.1) is 11.8 Å². The van der Waals surface area contributed by atoms with E-state index in [1.165, 1.54) is 12.1 Å². The Kier molecular flexibility index (Phi) is 5.86. The van der Waals surface area contributed by atoms with Gasteiger partial charge in [-0.1, -0.05) is 12.1 Å². The molecule has 0 radical (unpaired) electrons. The van der Waals surface area contributed by atoms with E-state index in [1.807, 2.05) is 30.5 Å². The normalized spacial score (nSPS) is 19.1. The monoisotopic (exact) mass is 466 g/mol. The molecular formula is C23H22N4O3S2. The molecule has 0 aromatic heterocycles. The molecular weight excluding hydrogens is 444 g/mol. The van der Waals surface area contributed by atoms with Gasteiger partial charge in [-0.3, -0.25) is 9.69 Å². The smallest absolute Gasteiger partial charge is 0.238 e. The van der Waals surface area contributed by atoms with Crippen LogP contribution in [-0.4, -0.2) is 20.5 Å². The minimum absolute atomic E-state index is 0.00315. The van der Waals surface area contributed by atoms with E-state index in [0.717, 1.165) is 16.2 Å². The molecule has 4 N–H and O–H groups in total. The number of nitrogens with two attached hydrogens (primary N) is 2. The highest BCUT2D eigenvalue weighted by molar-refractivity contribution is 7.98. The van der Waals surface area contributed by atoms with Crippen LogP contribution in [0.1, 0.15) is 30.7 Å². The van der Waals surface area contributed by atoms with Crippen LogP contribution < -0.4 is 15.8 Å². The van der Waals surface area contributed by atoms with Crippen molar-refractivity contribution in [2.75, 3.05) is 11.2 Å². The molecule has 164 valence electrons. The molecule has 32 heavy (non-hydrogen) atoms. The molecule has 2 aliphatic rings. The van der Waals surface area contributed by atoms with E-state index in [9.17, 15) is 18.5 Å². The first kappa shape index (κ1) is 22.1. The summed E-state index contributed by atoms with van der Waals surface area (Å²) >= 11 is 1.61. The van der Waals surface area contributed by atoms with Gasteiger partial charge >= 0.3 is 0 Å². The molecule has 1 heterocycles. The fraction of sp³-hybridized carbons (Fsp3) is 0.217. The minimum atomic E-state index is -3.84. The second kappa shape index (κ2) is 8.47. The number of Topliss-reactive ketones (excluding diaryl/α,β-unsaturated/α-hetero) is 1. The second-order valence-electron chi connectivity index (χ2n) is 7.63. The Morgan fingerprint density at radius 1 is 1.09 bits per heavy atom. The highest BCUT2D eigenvalue weighted by atomic mass is 32.2. The number of carbonyl (C=O) groups is 1. The standard InChI is InChI=1S/C23H22N4O3S2/c1-31-16-9-5-14(6-10-16)21-18(13-24)23(25)27(19-3-2-4-20(28)22(19)21)15-7-11-17(12-8-15)32(26,29)30/h5-12,21H,2-4,25H2,1H3,(H2,26,29,30)/t21-/m0/s1. The van der Waals surface area contributed by atoms with Crippen molar-refractivity contribution in [3.63, 3.8) is 0 Å². The molecule has 1 aliphatic heterocycles. The van der Waals surface area contributed by atoms with Crippen molar-refractivity contribution in [1.82, 2.24) is 0 Å². The van der Waals surface area contributed by atoms with Crippen LogP contribution in [0.25, 0.3) is 0 Å². The number of sulfonamides is 1. The number of nitriles is 1. The molecule has 0 unspecified atom stereocenters. The fourth-order valence-corrected chi connectivity index (χ4v) is 5.22. The quantitative estimate of drug-likeness (QED) is 0.661. The Morgan fingerprint density at radius 2 is 1.75 bits per heavy atom. The van der Waals surface area contributed by atoms with Crippen LogP contribution in [0.2, 0.25) is 0 Å². The number of ketones is 1. The number of hydrogen-bond donors (Lipinski definition) is 2. The first-order valence-electron chi connectivity index (χ1n) is 9.99. The second-order valence-corrected chi connectivity index (χ2v) is 10.1. The molecule has 4 rings (SSSR count). The largest absolute Gasteiger partial charge is 0.384 e. The number of nitrogens with zero attached hydrogens (tertiary/aromatic N) is 2. The number of allylic oxidation sites excluding steroid dienone is 3. The Balaban J connectivity index is 1.90.